The second-order valence-electron chi connectivity index (χ2n) is 14.7. The first-order chi connectivity index (χ1) is 24.9. The lowest BCUT2D eigenvalue weighted by atomic mass is 9.62. The molecule has 4 fully saturated rings. The molecule has 8 unspecified atom stereocenters. The van der Waals surface area contributed by atoms with E-state index >= 15 is 0 Å². The molecule has 4 aliphatic rings. The summed E-state index contributed by atoms with van der Waals surface area (Å²) in [6.07, 6.45) is 5.64. The van der Waals surface area contributed by atoms with E-state index < -0.39 is 71.6 Å². The van der Waals surface area contributed by atoms with Crippen molar-refractivity contribution < 1.29 is 48.4 Å². The van der Waals surface area contributed by atoms with Crippen LogP contribution in [0.4, 0.5) is 0 Å². The number of nitrogens with one attached hydrogen (secondary N) is 2. The quantitative estimate of drug-likeness (QED) is 0.0991. The van der Waals surface area contributed by atoms with E-state index in [1.54, 1.807) is 20.2 Å². The molecule has 1 aromatic carbocycles. The zero-order valence-electron chi connectivity index (χ0n) is 31.0. The normalized spacial score (nSPS) is 28.6. The number of unbranched alkanes of at least 4 members (excludes halogenated alkanes) is 4. The van der Waals surface area contributed by atoms with E-state index in [9.17, 15) is 29.4 Å². The van der Waals surface area contributed by atoms with Gasteiger partial charge in [0.25, 0.3) is 0 Å². The maximum absolute atomic E-state index is 14.8. The molecule has 1 aromatic rings. The summed E-state index contributed by atoms with van der Waals surface area (Å²) >= 11 is 0. The van der Waals surface area contributed by atoms with E-state index in [2.05, 4.69) is 24.5 Å². The zero-order valence-corrected chi connectivity index (χ0v) is 31.0. The highest BCUT2D eigenvalue weighted by molar-refractivity contribution is 5.96. The summed E-state index contributed by atoms with van der Waals surface area (Å²) < 4.78 is 19.8. The lowest BCUT2D eigenvalue weighted by Gasteiger charge is -2.49. The van der Waals surface area contributed by atoms with Gasteiger partial charge in [-0.25, -0.2) is 0 Å². The molecular formula is C38H56N4O10. The van der Waals surface area contributed by atoms with E-state index in [-0.39, 0.29) is 32.0 Å². The van der Waals surface area contributed by atoms with Gasteiger partial charge in [0.1, 0.15) is 35.9 Å². The van der Waals surface area contributed by atoms with Crippen molar-refractivity contribution in [2.45, 2.75) is 133 Å². The highest BCUT2D eigenvalue weighted by Crippen LogP contribution is 2.58. The Morgan fingerprint density at radius 2 is 1.73 bits per heavy atom. The number of aliphatic hydroxyl groups is 2. The number of nitrogens with zero attached hydrogens (tertiary/aromatic N) is 2. The molecule has 5 rings (SSSR count). The minimum absolute atomic E-state index is 0.0462. The number of hydroxylamine groups is 2. The number of hydrogen-bond acceptors (Lipinski definition) is 11. The van der Waals surface area contributed by atoms with Gasteiger partial charge in [0, 0.05) is 46.0 Å². The molecule has 8 atom stereocenters. The van der Waals surface area contributed by atoms with Crippen molar-refractivity contribution in [2.75, 3.05) is 27.2 Å². The standard InChI is InChI=1S/C38H56N4O10/c1-6-8-12-18-37(19-13-9-7-2)50-30-27-22-38(36(48)40-29(24(3)44)34(46)39-20-21-43)32(35(47)49-27)42(52-33(38)31(30)51-37)23-26-15-11-10-14-25(26)16-17-28(45)41(4)5/h10-11,14-17,24,27,29-33,43-44H,6-9,12-13,18-23H2,1-5H3,(H,39,46)(H,40,48). The highest BCUT2D eigenvalue weighted by atomic mass is 16.8. The summed E-state index contributed by atoms with van der Waals surface area (Å²) in [5.74, 6) is -3.15. The minimum atomic E-state index is -1.58. The van der Waals surface area contributed by atoms with Crippen molar-refractivity contribution in [1.29, 1.82) is 0 Å². The molecule has 2 bridgehead atoms. The number of likely N-dealkylation sites (N-methyl/N-ethyl adjacent to an activating group) is 1. The van der Waals surface area contributed by atoms with E-state index in [1.165, 1.54) is 23.0 Å². The van der Waals surface area contributed by atoms with Gasteiger partial charge in [-0.3, -0.25) is 24.0 Å². The van der Waals surface area contributed by atoms with Crippen LogP contribution >= 0.6 is 0 Å². The summed E-state index contributed by atoms with van der Waals surface area (Å²) in [5, 5.41) is 26.6. The van der Waals surface area contributed by atoms with Crippen molar-refractivity contribution in [3.8, 4) is 0 Å². The molecule has 4 N–H and O–H groups in total. The first-order valence-electron chi connectivity index (χ1n) is 18.8. The number of ether oxygens (including phenoxy) is 3. The van der Waals surface area contributed by atoms with Crippen LogP contribution in [-0.2, 0) is 44.8 Å². The maximum Gasteiger partial charge on any atom is 0.327 e. The monoisotopic (exact) mass is 728 g/mol. The van der Waals surface area contributed by atoms with E-state index in [0.717, 1.165) is 49.7 Å². The molecule has 0 aromatic heterocycles. The van der Waals surface area contributed by atoms with Crippen LogP contribution in [0.15, 0.2) is 30.3 Å². The first kappa shape index (κ1) is 39.8. The molecule has 0 radical (unpaired) electrons. The number of rotatable bonds is 18. The van der Waals surface area contributed by atoms with Crippen molar-refractivity contribution >= 4 is 29.8 Å². The number of fused-ring (bicyclic) bond motifs is 4. The van der Waals surface area contributed by atoms with Crippen LogP contribution < -0.4 is 10.6 Å². The molecule has 1 saturated carbocycles. The average molecular weight is 729 g/mol. The third kappa shape index (κ3) is 8.07. The van der Waals surface area contributed by atoms with Crippen LogP contribution in [-0.4, -0.2) is 120 Å². The summed E-state index contributed by atoms with van der Waals surface area (Å²) in [6, 6.07) is 4.77. The maximum atomic E-state index is 14.8. The number of aliphatic hydroxyl groups excluding tert-OH is 2. The third-order valence-electron chi connectivity index (χ3n) is 10.7. The number of carbonyl (C=O) groups is 4. The molecule has 3 aliphatic heterocycles. The van der Waals surface area contributed by atoms with E-state index in [1.807, 2.05) is 24.3 Å². The summed E-state index contributed by atoms with van der Waals surface area (Å²) in [6.45, 7) is 5.30. The Balaban J connectivity index is 1.55. The van der Waals surface area contributed by atoms with Crippen LogP contribution in [0.5, 0.6) is 0 Å². The van der Waals surface area contributed by atoms with Gasteiger partial charge in [-0.2, -0.15) is 5.06 Å². The number of esters is 1. The molecule has 3 saturated heterocycles. The predicted octanol–water partition coefficient (Wildman–Crippen LogP) is 2.20. The number of amides is 3. The molecular weight excluding hydrogens is 672 g/mol. The van der Waals surface area contributed by atoms with Gasteiger partial charge in [0.15, 0.2) is 11.8 Å². The van der Waals surface area contributed by atoms with Gasteiger partial charge in [-0.15, -0.1) is 0 Å². The Hall–Kier alpha value is -3.40. The SMILES string of the molecule is CCCCCC1(CCCCC)OC2C3CC4(C(=O)NC(C(=O)NCCO)C(C)O)C(ON(Cc5ccccc5C=CC(=O)N(C)C)C4C(=O)O3)C2O1. The van der Waals surface area contributed by atoms with E-state index in [4.69, 9.17) is 19.0 Å². The fraction of sp³-hybridized carbons (Fsp3) is 0.684. The molecule has 0 spiro atoms. The zero-order chi connectivity index (χ0) is 37.6. The first-order valence-corrected chi connectivity index (χ1v) is 18.8. The molecule has 1 aliphatic carbocycles. The summed E-state index contributed by atoms with van der Waals surface area (Å²) in [4.78, 5) is 62.6. The van der Waals surface area contributed by atoms with Crippen molar-refractivity contribution in [3.63, 3.8) is 0 Å². The molecule has 288 valence electrons. The average Bonchev–Trinajstić information content (AvgIpc) is 3.67. The van der Waals surface area contributed by atoms with Gasteiger partial charge in [0.05, 0.1) is 19.3 Å². The number of benzene rings is 1. The highest BCUT2D eigenvalue weighted by Gasteiger charge is 2.76. The summed E-state index contributed by atoms with van der Waals surface area (Å²) in [7, 11) is 3.32. The number of hydrogen-bond donors (Lipinski definition) is 4. The van der Waals surface area contributed by atoms with E-state index in [0.29, 0.717) is 12.8 Å². The van der Waals surface area contributed by atoms with Crippen LogP contribution in [0.2, 0.25) is 0 Å². The molecule has 3 heterocycles. The van der Waals surface area contributed by atoms with Crippen LogP contribution in [0, 0.1) is 5.41 Å². The second-order valence-corrected chi connectivity index (χ2v) is 14.7. The fourth-order valence-corrected chi connectivity index (χ4v) is 7.99. The smallest absolute Gasteiger partial charge is 0.327 e. The molecule has 14 nitrogen and oxygen atoms in total. The Labute approximate surface area is 306 Å². The predicted molar refractivity (Wildman–Crippen MR) is 190 cm³/mol. The minimum Gasteiger partial charge on any atom is -0.458 e. The number of carbonyl (C=O) groups excluding carboxylic acids is 4. The van der Waals surface area contributed by atoms with Crippen molar-refractivity contribution in [3.05, 3.63) is 41.5 Å². The lowest BCUT2D eigenvalue weighted by Crippen LogP contribution is -2.71. The Bertz CT molecular complexity index is 1460. The molecule has 52 heavy (non-hydrogen) atoms. The lowest BCUT2D eigenvalue weighted by molar-refractivity contribution is -0.224. The van der Waals surface area contributed by atoms with Crippen LogP contribution in [0.3, 0.4) is 0 Å². The molecule has 3 amide bonds. The Morgan fingerprint density at radius 1 is 1.06 bits per heavy atom. The van der Waals surface area contributed by atoms with Crippen LogP contribution in [0.25, 0.3) is 6.08 Å². The topological polar surface area (TPSA) is 176 Å². The van der Waals surface area contributed by atoms with Crippen molar-refractivity contribution in [2.24, 2.45) is 5.41 Å². The Kier molecular flexibility index (Phi) is 13.1. The third-order valence-corrected chi connectivity index (χ3v) is 10.7. The van der Waals surface area contributed by atoms with Gasteiger partial charge >= 0.3 is 5.97 Å². The largest absolute Gasteiger partial charge is 0.458 e. The summed E-state index contributed by atoms with van der Waals surface area (Å²) in [5.41, 5.74) is -0.132. The molecule has 14 heteroatoms. The van der Waals surface area contributed by atoms with Gasteiger partial charge in [-0.05, 0) is 37.0 Å². The van der Waals surface area contributed by atoms with Crippen molar-refractivity contribution in [1.82, 2.24) is 20.6 Å². The second kappa shape index (κ2) is 17.2. The van der Waals surface area contributed by atoms with Gasteiger partial charge < -0.3 is 40.0 Å². The van der Waals surface area contributed by atoms with Gasteiger partial charge in [0.2, 0.25) is 17.7 Å². The fourth-order valence-electron chi connectivity index (χ4n) is 7.99. The van der Waals surface area contributed by atoms with Gasteiger partial charge in [-0.1, -0.05) is 63.8 Å². The van der Waals surface area contributed by atoms with Crippen LogP contribution in [0.1, 0.15) is 89.7 Å². The Morgan fingerprint density at radius 3 is 2.37 bits per heavy atom.